The molecule has 150 valence electrons. The minimum atomic E-state index is -0.196. The molecule has 4 rings (SSSR count). The second-order valence-corrected chi connectivity index (χ2v) is 7.04. The van der Waals surface area contributed by atoms with Crippen LogP contribution in [0.2, 0.25) is 0 Å². The molecule has 2 heterocycles. The van der Waals surface area contributed by atoms with Gasteiger partial charge in [-0.25, -0.2) is 9.97 Å². The van der Waals surface area contributed by atoms with Gasteiger partial charge in [0.25, 0.3) is 11.5 Å². The lowest BCUT2D eigenvalue weighted by Gasteiger charge is -2.14. The zero-order valence-electron chi connectivity index (χ0n) is 16.9. The number of benzene rings is 2. The smallest absolute Gasteiger partial charge is 0.278 e. The lowest BCUT2D eigenvalue weighted by Crippen LogP contribution is -2.26. The standard InChI is InChI=1S/C24H22N4O2/c1-3-28-22-20(10-7-15-25-22)27-21(24(28)30)18-11-13-19(14-12-18)23(29)26-16(2)17-8-5-4-6-9-17/h4-16H,3H2,1-2H3,(H,26,29)/t16-/m1/s1. The van der Waals surface area contributed by atoms with Crippen molar-refractivity contribution in [3.63, 3.8) is 0 Å². The molecule has 1 atom stereocenters. The van der Waals surface area contributed by atoms with Gasteiger partial charge in [0.05, 0.1) is 6.04 Å². The van der Waals surface area contributed by atoms with Gasteiger partial charge in [0.15, 0.2) is 5.65 Å². The number of carbonyl (C=O) groups is 1. The summed E-state index contributed by atoms with van der Waals surface area (Å²) in [5, 5.41) is 3.00. The maximum Gasteiger partial charge on any atom is 0.278 e. The molecule has 0 radical (unpaired) electrons. The fourth-order valence-electron chi connectivity index (χ4n) is 3.44. The van der Waals surface area contributed by atoms with E-state index in [0.717, 1.165) is 5.56 Å². The van der Waals surface area contributed by atoms with Gasteiger partial charge in [0, 0.05) is 23.9 Å². The van der Waals surface area contributed by atoms with Crippen LogP contribution in [0, 0.1) is 0 Å². The largest absolute Gasteiger partial charge is 0.346 e. The lowest BCUT2D eigenvalue weighted by atomic mass is 10.1. The fourth-order valence-corrected chi connectivity index (χ4v) is 3.44. The normalized spacial score (nSPS) is 11.9. The molecule has 0 spiro atoms. The number of amides is 1. The summed E-state index contributed by atoms with van der Waals surface area (Å²) in [7, 11) is 0. The third-order valence-corrected chi connectivity index (χ3v) is 5.09. The summed E-state index contributed by atoms with van der Waals surface area (Å²) in [5.74, 6) is -0.167. The van der Waals surface area contributed by atoms with Crippen LogP contribution in [0.1, 0.15) is 35.8 Å². The van der Waals surface area contributed by atoms with E-state index in [-0.39, 0.29) is 17.5 Å². The Morgan fingerprint density at radius 2 is 1.77 bits per heavy atom. The van der Waals surface area contributed by atoms with E-state index in [0.29, 0.717) is 34.5 Å². The van der Waals surface area contributed by atoms with Crippen molar-refractivity contribution in [2.24, 2.45) is 0 Å². The number of hydrogen-bond acceptors (Lipinski definition) is 4. The van der Waals surface area contributed by atoms with E-state index in [1.807, 2.05) is 50.2 Å². The number of carbonyl (C=O) groups excluding carboxylic acids is 1. The van der Waals surface area contributed by atoms with E-state index >= 15 is 0 Å². The van der Waals surface area contributed by atoms with Crippen molar-refractivity contribution >= 4 is 17.1 Å². The van der Waals surface area contributed by atoms with Crippen LogP contribution in [-0.4, -0.2) is 20.4 Å². The first kappa shape index (κ1) is 19.5. The van der Waals surface area contributed by atoms with Crippen LogP contribution < -0.4 is 10.9 Å². The van der Waals surface area contributed by atoms with Gasteiger partial charge in [-0.1, -0.05) is 42.5 Å². The second-order valence-electron chi connectivity index (χ2n) is 7.04. The topological polar surface area (TPSA) is 76.9 Å². The maximum absolute atomic E-state index is 12.9. The van der Waals surface area contributed by atoms with Gasteiger partial charge in [0.1, 0.15) is 11.2 Å². The van der Waals surface area contributed by atoms with E-state index < -0.39 is 0 Å². The highest BCUT2D eigenvalue weighted by Gasteiger charge is 2.15. The number of hydrogen-bond donors (Lipinski definition) is 1. The van der Waals surface area contributed by atoms with Crippen molar-refractivity contribution in [3.05, 3.63) is 94.4 Å². The molecule has 30 heavy (non-hydrogen) atoms. The first-order valence-corrected chi connectivity index (χ1v) is 9.90. The zero-order valence-corrected chi connectivity index (χ0v) is 16.9. The van der Waals surface area contributed by atoms with Gasteiger partial charge in [0.2, 0.25) is 0 Å². The number of nitrogens with zero attached hydrogens (tertiary/aromatic N) is 3. The van der Waals surface area contributed by atoms with Crippen molar-refractivity contribution in [1.29, 1.82) is 0 Å². The summed E-state index contributed by atoms with van der Waals surface area (Å²) in [5.41, 5.74) is 3.62. The summed E-state index contributed by atoms with van der Waals surface area (Å²) >= 11 is 0. The van der Waals surface area contributed by atoms with Gasteiger partial charge in [-0.2, -0.15) is 0 Å². The van der Waals surface area contributed by atoms with Crippen LogP contribution >= 0.6 is 0 Å². The zero-order chi connectivity index (χ0) is 21.1. The molecular formula is C24H22N4O2. The minimum absolute atomic E-state index is 0.107. The maximum atomic E-state index is 12.9. The van der Waals surface area contributed by atoms with Gasteiger partial charge >= 0.3 is 0 Å². The highest BCUT2D eigenvalue weighted by Crippen LogP contribution is 2.18. The average Bonchev–Trinajstić information content (AvgIpc) is 2.79. The molecule has 2 aromatic heterocycles. The van der Waals surface area contributed by atoms with E-state index in [2.05, 4.69) is 15.3 Å². The molecule has 4 aromatic rings. The summed E-state index contributed by atoms with van der Waals surface area (Å²) in [6.07, 6.45) is 1.65. The molecule has 1 amide bonds. The molecule has 2 aromatic carbocycles. The average molecular weight is 398 g/mol. The second kappa shape index (κ2) is 8.29. The van der Waals surface area contributed by atoms with Crippen LogP contribution in [0.5, 0.6) is 0 Å². The molecule has 0 aliphatic carbocycles. The van der Waals surface area contributed by atoms with E-state index in [9.17, 15) is 9.59 Å². The number of aromatic nitrogens is 3. The number of rotatable bonds is 5. The van der Waals surface area contributed by atoms with Crippen LogP contribution in [0.15, 0.2) is 77.7 Å². The molecule has 0 bridgehead atoms. The lowest BCUT2D eigenvalue weighted by molar-refractivity contribution is 0.0940. The molecule has 0 unspecified atom stereocenters. The van der Waals surface area contributed by atoms with Crippen molar-refractivity contribution < 1.29 is 4.79 Å². The fraction of sp³-hybridized carbons (Fsp3) is 0.167. The van der Waals surface area contributed by atoms with Crippen molar-refractivity contribution in [2.75, 3.05) is 0 Å². The third kappa shape index (κ3) is 3.72. The molecular weight excluding hydrogens is 376 g/mol. The van der Waals surface area contributed by atoms with Crippen LogP contribution in [-0.2, 0) is 6.54 Å². The highest BCUT2D eigenvalue weighted by atomic mass is 16.1. The van der Waals surface area contributed by atoms with Gasteiger partial charge < -0.3 is 5.32 Å². The van der Waals surface area contributed by atoms with E-state index in [4.69, 9.17) is 0 Å². The number of pyridine rings is 1. The SMILES string of the molecule is CCn1c(=O)c(-c2ccc(C(=O)N[C@H](C)c3ccccc3)cc2)nc2cccnc21. The quantitative estimate of drug-likeness (QED) is 0.552. The number of aryl methyl sites for hydroxylation is 1. The Kier molecular flexibility index (Phi) is 5.39. The molecule has 0 aliphatic rings. The van der Waals surface area contributed by atoms with E-state index in [1.165, 1.54) is 0 Å². The number of fused-ring (bicyclic) bond motifs is 1. The predicted molar refractivity (Wildman–Crippen MR) is 117 cm³/mol. The Morgan fingerprint density at radius 1 is 1.03 bits per heavy atom. The van der Waals surface area contributed by atoms with Crippen LogP contribution in [0.3, 0.4) is 0 Å². The molecule has 1 N–H and O–H groups in total. The van der Waals surface area contributed by atoms with Gasteiger partial charge in [-0.05, 0) is 43.7 Å². The Labute approximate surface area is 174 Å². The van der Waals surface area contributed by atoms with Gasteiger partial charge in [-0.3, -0.25) is 14.2 Å². The summed E-state index contributed by atoms with van der Waals surface area (Å²) < 4.78 is 1.61. The molecule has 6 heteroatoms. The predicted octanol–water partition coefficient (Wildman–Crippen LogP) is 3.97. The van der Waals surface area contributed by atoms with Crippen molar-refractivity contribution in [2.45, 2.75) is 26.4 Å². The number of nitrogens with one attached hydrogen (secondary N) is 1. The van der Waals surface area contributed by atoms with Crippen molar-refractivity contribution in [1.82, 2.24) is 19.9 Å². The molecule has 0 aliphatic heterocycles. The first-order valence-electron chi connectivity index (χ1n) is 9.90. The minimum Gasteiger partial charge on any atom is -0.346 e. The Balaban J connectivity index is 1.62. The Hall–Kier alpha value is -3.80. The highest BCUT2D eigenvalue weighted by molar-refractivity contribution is 5.95. The molecule has 6 nitrogen and oxygen atoms in total. The molecule has 0 saturated heterocycles. The van der Waals surface area contributed by atoms with E-state index in [1.54, 1.807) is 41.1 Å². The summed E-state index contributed by atoms with van der Waals surface area (Å²) in [6.45, 7) is 4.35. The third-order valence-electron chi connectivity index (χ3n) is 5.09. The van der Waals surface area contributed by atoms with Crippen LogP contribution in [0.25, 0.3) is 22.4 Å². The molecule has 0 saturated carbocycles. The monoisotopic (exact) mass is 398 g/mol. The Morgan fingerprint density at radius 3 is 2.47 bits per heavy atom. The first-order chi connectivity index (χ1) is 14.6. The summed E-state index contributed by atoms with van der Waals surface area (Å²) in [4.78, 5) is 34.3. The Bertz CT molecular complexity index is 1250. The van der Waals surface area contributed by atoms with Gasteiger partial charge in [-0.15, -0.1) is 0 Å². The van der Waals surface area contributed by atoms with Crippen molar-refractivity contribution in [3.8, 4) is 11.3 Å². The molecule has 0 fully saturated rings. The van der Waals surface area contributed by atoms with Crippen LogP contribution in [0.4, 0.5) is 0 Å². The summed E-state index contributed by atoms with van der Waals surface area (Å²) in [6, 6.07) is 20.3.